The van der Waals surface area contributed by atoms with Crippen molar-refractivity contribution in [1.82, 2.24) is 16.2 Å². The van der Waals surface area contributed by atoms with E-state index in [1.807, 2.05) is 0 Å². The molecule has 0 aliphatic heterocycles. The highest BCUT2D eigenvalue weighted by molar-refractivity contribution is 7.80. The van der Waals surface area contributed by atoms with Gasteiger partial charge in [0.05, 0.1) is 15.6 Å². The standard InChI is InChI=1S/C9H10ClN5O2S2/c1-11-8(18)13-14-9(19)12-7-4-5(15(16)17)2-3-6(7)10/h2-4H,1H3,(H2,11,13,18)(H2,12,14,19). The number of nitrogens with zero attached hydrogens (tertiary/aromatic N) is 1. The molecule has 0 fully saturated rings. The van der Waals surface area contributed by atoms with Crippen molar-refractivity contribution in [2.75, 3.05) is 12.4 Å². The number of rotatable bonds is 2. The minimum atomic E-state index is -0.521. The number of hydrogen-bond donors (Lipinski definition) is 4. The van der Waals surface area contributed by atoms with E-state index in [9.17, 15) is 10.1 Å². The van der Waals surface area contributed by atoms with Crippen LogP contribution in [0.15, 0.2) is 18.2 Å². The summed E-state index contributed by atoms with van der Waals surface area (Å²) in [6, 6.07) is 4.00. The normalized spacial score (nSPS) is 9.37. The van der Waals surface area contributed by atoms with Crippen LogP contribution in [0.4, 0.5) is 11.4 Å². The number of halogens is 1. The van der Waals surface area contributed by atoms with Crippen molar-refractivity contribution in [2.24, 2.45) is 0 Å². The van der Waals surface area contributed by atoms with E-state index in [-0.39, 0.29) is 10.8 Å². The van der Waals surface area contributed by atoms with Gasteiger partial charge in [0.15, 0.2) is 10.2 Å². The van der Waals surface area contributed by atoms with Gasteiger partial charge < -0.3 is 10.6 Å². The molecule has 0 radical (unpaired) electrons. The number of hydrogen-bond acceptors (Lipinski definition) is 4. The van der Waals surface area contributed by atoms with E-state index in [2.05, 4.69) is 21.5 Å². The molecular weight excluding hydrogens is 310 g/mol. The van der Waals surface area contributed by atoms with Gasteiger partial charge >= 0.3 is 0 Å². The summed E-state index contributed by atoms with van der Waals surface area (Å²) in [7, 11) is 1.64. The molecule has 0 spiro atoms. The molecule has 0 unspecified atom stereocenters. The first-order valence-electron chi connectivity index (χ1n) is 4.92. The third-order valence-electron chi connectivity index (χ3n) is 1.93. The lowest BCUT2D eigenvalue weighted by Crippen LogP contribution is -2.47. The van der Waals surface area contributed by atoms with Crippen LogP contribution in [0.1, 0.15) is 0 Å². The first-order chi connectivity index (χ1) is 8.93. The van der Waals surface area contributed by atoms with Gasteiger partial charge in [0.2, 0.25) is 0 Å². The van der Waals surface area contributed by atoms with Crippen LogP contribution in [0.3, 0.4) is 0 Å². The van der Waals surface area contributed by atoms with Crippen LogP contribution in [0.2, 0.25) is 5.02 Å². The lowest BCUT2D eigenvalue weighted by atomic mass is 10.3. The molecule has 0 atom stereocenters. The molecule has 0 saturated heterocycles. The molecule has 0 aliphatic rings. The molecule has 1 aromatic carbocycles. The van der Waals surface area contributed by atoms with Gasteiger partial charge in [0, 0.05) is 19.2 Å². The SMILES string of the molecule is CNC(=S)NNC(=S)Nc1cc([N+](=O)[O-])ccc1Cl. The van der Waals surface area contributed by atoms with E-state index in [0.717, 1.165) is 0 Å². The van der Waals surface area contributed by atoms with Crippen molar-refractivity contribution in [2.45, 2.75) is 0 Å². The second-order valence-corrected chi connectivity index (χ2v) is 4.43. The Morgan fingerprint density at radius 3 is 2.53 bits per heavy atom. The number of benzene rings is 1. The van der Waals surface area contributed by atoms with Gasteiger partial charge in [-0.05, 0) is 30.5 Å². The monoisotopic (exact) mass is 319 g/mol. The molecular formula is C9H10ClN5O2S2. The quantitative estimate of drug-likeness (QED) is 0.371. The Hall–Kier alpha value is -1.71. The highest BCUT2D eigenvalue weighted by atomic mass is 35.5. The van der Waals surface area contributed by atoms with Gasteiger partial charge in [-0.25, -0.2) is 0 Å². The van der Waals surface area contributed by atoms with Gasteiger partial charge in [-0.2, -0.15) is 0 Å². The summed E-state index contributed by atoms with van der Waals surface area (Å²) in [5, 5.41) is 16.9. The Bertz CT molecular complexity index is 525. The number of anilines is 1. The molecule has 0 aromatic heterocycles. The zero-order valence-corrected chi connectivity index (χ0v) is 12.1. The number of hydrazine groups is 1. The number of nitrogens with one attached hydrogen (secondary N) is 4. The Morgan fingerprint density at radius 2 is 1.95 bits per heavy atom. The predicted octanol–water partition coefficient (Wildman–Crippen LogP) is 1.54. The number of thiocarbonyl (C=S) groups is 2. The van der Waals surface area contributed by atoms with Crippen LogP contribution in [0.5, 0.6) is 0 Å². The Labute approximate surface area is 124 Å². The molecule has 10 heteroatoms. The first-order valence-corrected chi connectivity index (χ1v) is 6.12. The van der Waals surface area contributed by atoms with Crippen LogP contribution in [-0.4, -0.2) is 22.2 Å². The average Bonchev–Trinajstić information content (AvgIpc) is 2.38. The smallest absolute Gasteiger partial charge is 0.271 e. The molecule has 0 heterocycles. The van der Waals surface area contributed by atoms with Crippen molar-refractivity contribution in [3.8, 4) is 0 Å². The van der Waals surface area contributed by atoms with Gasteiger partial charge in [0.25, 0.3) is 5.69 Å². The molecule has 7 nitrogen and oxygen atoms in total. The maximum absolute atomic E-state index is 10.7. The highest BCUT2D eigenvalue weighted by Crippen LogP contribution is 2.26. The first kappa shape index (κ1) is 15.3. The van der Waals surface area contributed by atoms with Gasteiger partial charge in [-0.15, -0.1) is 0 Å². The zero-order chi connectivity index (χ0) is 14.4. The van der Waals surface area contributed by atoms with Gasteiger partial charge in [-0.1, -0.05) is 11.6 Å². The molecule has 1 aromatic rings. The summed E-state index contributed by atoms with van der Waals surface area (Å²) in [6.45, 7) is 0. The van der Waals surface area contributed by atoms with E-state index in [4.69, 9.17) is 36.0 Å². The molecule has 4 N–H and O–H groups in total. The van der Waals surface area contributed by atoms with Gasteiger partial charge in [0.1, 0.15) is 0 Å². The summed E-state index contributed by atoms with van der Waals surface area (Å²) < 4.78 is 0. The van der Waals surface area contributed by atoms with Crippen LogP contribution < -0.4 is 21.5 Å². The fourth-order valence-electron chi connectivity index (χ4n) is 1.05. The number of non-ortho nitro benzene ring substituents is 1. The second kappa shape index (κ2) is 7.02. The average molecular weight is 320 g/mol. The van der Waals surface area contributed by atoms with Crippen molar-refractivity contribution in [3.63, 3.8) is 0 Å². The summed E-state index contributed by atoms with van der Waals surface area (Å²) in [5.74, 6) is 0. The van der Waals surface area contributed by atoms with Crippen LogP contribution >= 0.6 is 36.0 Å². The molecule has 0 aliphatic carbocycles. The molecule has 19 heavy (non-hydrogen) atoms. The maximum atomic E-state index is 10.7. The van der Waals surface area contributed by atoms with E-state index >= 15 is 0 Å². The number of nitro groups is 1. The van der Waals surface area contributed by atoms with E-state index in [1.54, 1.807) is 7.05 Å². The van der Waals surface area contributed by atoms with Crippen molar-refractivity contribution in [1.29, 1.82) is 0 Å². The summed E-state index contributed by atoms with van der Waals surface area (Å²) >= 11 is 15.7. The highest BCUT2D eigenvalue weighted by Gasteiger charge is 2.10. The molecule has 0 bridgehead atoms. The minimum absolute atomic E-state index is 0.0894. The zero-order valence-electron chi connectivity index (χ0n) is 9.69. The van der Waals surface area contributed by atoms with E-state index in [1.165, 1.54) is 18.2 Å². The van der Waals surface area contributed by atoms with E-state index in [0.29, 0.717) is 15.8 Å². The predicted molar refractivity (Wildman–Crippen MR) is 82.3 cm³/mol. The van der Waals surface area contributed by atoms with Crippen molar-refractivity contribution in [3.05, 3.63) is 33.3 Å². The van der Waals surface area contributed by atoms with Gasteiger partial charge in [-0.3, -0.25) is 21.0 Å². The fourth-order valence-corrected chi connectivity index (χ4v) is 1.43. The second-order valence-electron chi connectivity index (χ2n) is 3.20. The largest absolute Gasteiger partial charge is 0.364 e. The van der Waals surface area contributed by atoms with Crippen LogP contribution in [0.25, 0.3) is 0 Å². The van der Waals surface area contributed by atoms with Crippen LogP contribution in [-0.2, 0) is 0 Å². The third kappa shape index (κ3) is 4.81. The molecule has 0 amide bonds. The minimum Gasteiger partial charge on any atom is -0.364 e. The van der Waals surface area contributed by atoms with Crippen LogP contribution in [0, 0.1) is 10.1 Å². The fraction of sp³-hybridized carbons (Fsp3) is 0.111. The topological polar surface area (TPSA) is 91.3 Å². The molecule has 1 rings (SSSR count). The Kier molecular flexibility index (Phi) is 5.67. The Morgan fingerprint density at radius 1 is 1.32 bits per heavy atom. The summed E-state index contributed by atoms with van der Waals surface area (Å²) in [6.07, 6.45) is 0. The maximum Gasteiger partial charge on any atom is 0.271 e. The summed E-state index contributed by atoms with van der Waals surface area (Å²) in [5.41, 5.74) is 5.43. The van der Waals surface area contributed by atoms with E-state index < -0.39 is 4.92 Å². The third-order valence-corrected chi connectivity index (χ3v) is 2.77. The lowest BCUT2D eigenvalue weighted by Gasteiger charge is -2.13. The summed E-state index contributed by atoms with van der Waals surface area (Å²) in [4.78, 5) is 10.1. The Balaban J connectivity index is 2.70. The lowest BCUT2D eigenvalue weighted by molar-refractivity contribution is -0.384. The molecule has 102 valence electrons. The number of nitro benzene ring substituents is 1. The van der Waals surface area contributed by atoms with Crippen molar-refractivity contribution < 1.29 is 4.92 Å². The molecule has 0 saturated carbocycles. The van der Waals surface area contributed by atoms with Crippen molar-refractivity contribution >= 4 is 57.6 Å².